The average Bonchev–Trinajstić information content (AvgIpc) is 2.69. The van der Waals surface area contributed by atoms with E-state index in [1.807, 2.05) is 0 Å². The van der Waals surface area contributed by atoms with Crippen molar-refractivity contribution in [3.05, 3.63) is 58.4 Å². The first kappa shape index (κ1) is 21.8. The first-order valence-corrected chi connectivity index (χ1v) is 8.60. The van der Waals surface area contributed by atoms with Gasteiger partial charge in [0.25, 0.3) is 5.69 Å². The topological polar surface area (TPSA) is 114 Å². The Morgan fingerprint density at radius 3 is 2.45 bits per heavy atom. The third kappa shape index (κ3) is 5.98. The lowest BCUT2D eigenvalue weighted by Crippen LogP contribution is -2.43. The average molecular weight is 404 g/mol. The molecule has 0 radical (unpaired) electrons. The Bertz CT molecular complexity index is 904. The summed E-state index contributed by atoms with van der Waals surface area (Å²) in [6, 6.07) is 8.48. The predicted octanol–water partition coefficient (Wildman–Crippen LogP) is 2.64. The summed E-state index contributed by atoms with van der Waals surface area (Å²) in [7, 11) is 2.94. The molecule has 0 aliphatic carbocycles. The van der Waals surface area contributed by atoms with Crippen molar-refractivity contribution in [3.8, 4) is 5.75 Å². The van der Waals surface area contributed by atoms with E-state index >= 15 is 0 Å². The van der Waals surface area contributed by atoms with Crippen molar-refractivity contribution in [2.24, 2.45) is 0 Å². The van der Waals surface area contributed by atoms with Crippen LogP contribution in [-0.4, -0.2) is 48.4 Å². The van der Waals surface area contributed by atoms with Crippen molar-refractivity contribution < 1.29 is 23.6 Å². The van der Waals surface area contributed by atoms with Crippen LogP contribution in [0.3, 0.4) is 0 Å². The summed E-state index contributed by atoms with van der Waals surface area (Å²) in [5.74, 6) is -1.05. The predicted molar refractivity (Wildman–Crippen MR) is 105 cm³/mol. The molecule has 0 aromatic heterocycles. The fraction of sp³-hybridized carbons (Fsp3) is 0.263. The summed E-state index contributed by atoms with van der Waals surface area (Å²) in [6.07, 6.45) is 0. The molecule has 2 N–H and O–H groups in total. The molecule has 0 bridgehead atoms. The van der Waals surface area contributed by atoms with Gasteiger partial charge in [-0.15, -0.1) is 0 Å². The summed E-state index contributed by atoms with van der Waals surface area (Å²) >= 11 is 0. The molecule has 29 heavy (non-hydrogen) atoms. The number of anilines is 2. The van der Waals surface area contributed by atoms with Crippen molar-refractivity contribution in [1.29, 1.82) is 0 Å². The van der Waals surface area contributed by atoms with E-state index < -0.39 is 22.7 Å². The van der Waals surface area contributed by atoms with Gasteiger partial charge in [0.15, 0.2) is 0 Å². The van der Waals surface area contributed by atoms with E-state index in [0.29, 0.717) is 5.69 Å². The number of amides is 2. The Labute approximate surface area is 166 Å². The number of nitrogens with zero attached hydrogens (tertiary/aromatic N) is 2. The van der Waals surface area contributed by atoms with Crippen LogP contribution >= 0.6 is 0 Å². The van der Waals surface area contributed by atoms with Crippen LogP contribution in [0.1, 0.15) is 6.92 Å². The smallest absolute Gasteiger partial charge is 0.273 e. The van der Waals surface area contributed by atoms with Gasteiger partial charge in [-0.1, -0.05) is 0 Å². The van der Waals surface area contributed by atoms with Gasteiger partial charge in [0.2, 0.25) is 11.8 Å². The highest BCUT2D eigenvalue weighted by molar-refractivity contribution is 5.97. The lowest BCUT2D eigenvalue weighted by atomic mass is 10.2. The number of likely N-dealkylation sites (N-methyl/N-ethyl adjacent to an activating group) is 1. The maximum Gasteiger partial charge on any atom is 0.273 e. The third-order valence-corrected chi connectivity index (χ3v) is 4.22. The molecule has 0 aliphatic rings. The Kier molecular flexibility index (Phi) is 7.21. The van der Waals surface area contributed by atoms with E-state index in [-0.39, 0.29) is 29.6 Å². The molecule has 154 valence electrons. The molecule has 0 saturated carbocycles. The van der Waals surface area contributed by atoms with Crippen LogP contribution < -0.4 is 15.4 Å². The van der Waals surface area contributed by atoms with Crippen LogP contribution in [-0.2, 0) is 9.59 Å². The largest absolute Gasteiger partial charge is 0.494 e. The van der Waals surface area contributed by atoms with Crippen molar-refractivity contribution in [3.63, 3.8) is 0 Å². The standard InChI is InChI=1S/C19H21FN4O5/c1-12(23(2)11-18(25)21-14-6-4-13(20)5-7-14)19(26)22-16-9-8-15(24(27)28)10-17(16)29-3/h4-10,12H,11H2,1-3H3,(H,21,25)(H,22,26)/t12-/m0/s1. The monoisotopic (exact) mass is 404 g/mol. The number of benzene rings is 2. The SMILES string of the molecule is COc1cc([N+](=O)[O-])ccc1NC(=O)[C@H](C)N(C)CC(=O)Nc1ccc(F)cc1. The van der Waals surface area contributed by atoms with E-state index in [1.165, 1.54) is 54.5 Å². The van der Waals surface area contributed by atoms with Gasteiger partial charge in [0, 0.05) is 11.8 Å². The number of methoxy groups -OCH3 is 1. The molecule has 0 saturated heterocycles. The number of nitrogens with one attached hydrogen (secondary N) is 2. The fourth-order valence-corrected chi connectivity index (χ4v) is 2.43. The molecular weight excluding hydrogens is 383 g/mol. The molecule has 0 heterocycles. The Morgan fingerprint density at radius 1 is 1.21 bits per heavy atom. The number of carbonyl (C=O) groups is 2. The minimum Gasteiger partial charge on any atom is -0.494 e. The van der Waals surface area contributed by atoms with Crippen LogP contribution in [0.5, 0.6) is 5.75 Å². The maximum atomic E-state index is 12.9. The molecule has 2 aromatic rings. The van der Waals surface area contributed by atoms with E-state index in [4.69, 9.17) is 4.74 Å². The number of halogens is 1. The summed E-state index contributed by atoms with van der Waals surface area (Å²) < 4.78 is 18.0. The van der Waals surface area contributed by atoms with Gasteiger partial charge in [-0.25, -0.2) is 4.39 Å². The summed E-state index contributed by atoms with van der Waals surface area (Å²) in [4.78, 5) is 36.4. The van der Waals surface area contributed by atoms with Gasteiger partial charge < -0.3 is 15.4 Å². The molecule has 0 aliphatic heterocycles. The number of hydrogen-bond donors (Lipinski definition) is 2. The van der Waals surface area contributed by atoms with Crippen molar-refractivity contribution in [1.82, 2.24) is 4.90 Å². The van der Waals surface area contributed by atoms with Crippen molar-refractivity contribution in [2.45, 2.75) is 13.0 Å². The Morgan fingerprint density at radius 2 is 1.86 bits per heavy atom. The first-order chi connectivity index (χ1) is 13.7. The number of nitro groups is 1. The summed E-state index contributed by atoms with van der Waals surface area (Å²) in [6.45, 7) is 1.53. The van der Waals surface area contributed by atoms with Gasteiger partial charge in [0.05, 0.1) is 36.4 Å². The number of rotatable bonds is 8. The molecule has 9 nitrogen and oxygen atoms in total. The van der Waals surface area contributed by atoms with Crippen LogP contribution in [0.4, 0.5) is 21.5 Å². The zero-order chi connectivity index (χ0) is 21.6. The quantitative estimate of drug-likeness (QED) is 0.516. The molecule has 0 unspecified atom stereocenters. The van der Waals surface area contributed by atoms with E-state index in [0.717, 1.165) is 0 Å². The lowest BCUT2D eigenvalue weighted by molar-refractivity contribution is -0.384. The number of non-ortho nitro benzene ring substituents is 1. The normalized spacial score (nSPS) is 11.6. The molecule has 0 fully saturated rings. The van der Waals surface area contributed by atoms with Crippen molar-refractivity contribution >= 4 is 28.9 Å². The van der Waals surface area contributed by atoms with E-state index in [2.05, 4.69) is 10.6 Å². The van der Waals surface area contributed by atoms with Gasteiger partial charge >= 0.3 is 0 Å². The van der Waals surface area contributed by atoms with Crippen molar-refractivity contribution in [2.75, 3.05) is 31.3 Å². The van der Waals surface area contributed by atoms with Gasteiger partial charge in [0.1, 0.15) is 11.6 Å². The highest BCUT2D eigenvalue weighted by Crippen LogP contribution is 2.29. The molecule has 10 heteroatoms. The number of nitro benzene ring substituents is 1. The molecular formula is C19H21FN4O5. The fourth-order valence-electron chi connectivity index (χ4n) is 2.43. The minimum absolute atomic E-state index is 0.0800. The zero-order valence-corrected chi connectivity index (χ0v) is 16.1. The second kappa shape index (κ2) is 9.60. The highest BCUT2D eigenvalue weighted by Gasteiger charge is 2.22. The Balaban J connectivity index is 1.97. The minimum atomic E-state index is -0.686. The lowest BCUT2D eigenvalue weighted by Gasteiger charge is -2.23. The van der Waals surface area contributed by atoms with Crippen LogP contribution in [0, 0.1) is 15.9 Å². The Hall–Kier alpha value is -3.53. The number of carbonyl (C=O) groups excluding carboxylic acids is 2. The second-order valence-corrected chi connectivity index (χ2v) is 6.28. The summed E-state index contributed by atoms with van der Waals surface area (Å²) in [5, 5.41) is 16.1. The third-order valence-electron chi connectivity index (χ3n) is 4.22. The molecule has 1 atom stereocenters. The highest BCUT2D eigenvalue weighted by atomic mass is 19.1. The zero-order valence-electron chi connectivity index (χ0n) is 16.1. The summed E-state index contributed by atoms with van der Waals surface area (Å²) in [5.41, 5.74) is 0.555. The van der Waals surface area contributed by atoms with Crippen LogP contribution in [0.25, 0.3) is 0 Å². The molecule has 2 aromatic carbocycles. The second-order valence-electron chi connectivity index (χ2n) is 6.28. The number of hydrogen-bond acceptors (Lipinski definition) is 6. The van der Waals surface area contributed by atoms with Crippen LogP contribution in [0.15, 0.2) is 42.5 Å². The van der Waals surface area contributed by atoms with Gasteiger partial charge in [-0.3, -0.25) is 24.6 Å². The van der Waals surface area contributed by atoms with E-state index in [1.54, 1.807) is 14.0 Å². The first-order valence-electron chi connectivity index (χ1n) is 8.60. The molecule has 0 spiro atoms. The van der Waals surface area contributed by atoms with Gasteiger partial charge in [-0.2, -0.15) is 0 Å². The van der Waals surface area contributed by atoms with Gasteiger partial charge in [-0.05, 0) is 44.3 Å². The number of ether oxygens (including phenoxy) is 1. The van der Waals surface area contributed by atoms with E-state index in [9.17, 15) is 24.1 Å². The molecule has 2 amide bonds. The molecule has 2 rings (SSSR count). The van der Waals surface area contributed by atoms with Crippen LogP contribution in [0.2, 0.25) is 0 Å². The maximum absolute atomic E-state index is 12.9.